The minimum atomic E-state index is -4.77. The summed E-state index contributed by atoms with van der Waals surface area (Å²) in [5.74, 6) is -3.83. The third-order valence-electron chi connectivity index (χ3n) is 12.2. The molecule has 6 amide bonds. The summed E-state index contributed by atoms with van der Waals surface area (Å²) in [5, 5.41) is 13.3. The van der Waals surface area contributed by atoms with E-state index in [0.717, 1.165) is 20.8 Å². The van der Waals surface area contributed by atoms with Crippen LogP contribution in [-0.2, 0) is 90.3 Å². The van der Waals surface area contributed by atoms with Gasteiger partial charge in [0.25, 0.3) is 16.0 Å². The molecule has 2 aliphatic heterocycles. The Balaban J connectivity index is 2.47. The minimum Gasteiger partial charge on any atom is -0.457 e. The molecule has 5 N–H and O–H groups in total. The molecule has 6 unspecified atom stereocenters. The molecule has 500 valence electrons. The summed E-state index contributed by atoms with van der Waals surface area (Å²) >= 11 is 0. The zero-order valence-electron chi connectivity index (χ0n) is 54.2. The standard InChI is InChI=1S/C56H96N6O24S/c1-22-36-41(75-30(3)64)38(61-50(70)84-55(14,15)16)42(76-31(4)65)46(78-36)80-39-34(58-44(66)37(74-29(2)63)25-26-57-47(67)81-52(5,6)7)27-35(60-49(69)83-54(11,12)13)40(43(39)86-87(21,72)73)79-45-33(59-48(68)82-53(8,9)10)24-23-32(77-45)28-62(20)51(71)85-56(17,18)19/h32-43,45-46H,22-28H2,1-21H3,(H,57,67)(H,58,66)(H,59,68)(H,60,69)(H,61,70)/t32?,33?,34-,35-,36?,37+,38+,39+,40?,41+,42?,43?,45-,46-/m1/s1. The van der Waals surface area contributed by atoms with Crippen LogP contribution >= 0.6 is 0 Å². The van der Waals surface area contributed by atoms with Gasteiger partial charge in [-0.1, -0.05) is 6.92 Å². The fourth-order valence-corrected chi connectivity index (χ4v) is 9.91. The van der Waals surface area contributed by atoms with Crippen molar-refractivity contribution < 1.29 is 113 Å². The van der Waals surface area contributed by atoms with Crippen LogP contribution in [-0.4, -0.2) is 208 Å². The third kappa shape index (κ3) is 27.5. The van der Waals surface area contributed by atoms with Crippen molar-refractivity contribution in [3.05, 3.63) is 0 Å². The van der Waals surface area contributed by atoms with Crippen LogP contribution in [0.3, 0.4) is 0 Å². The number of ether oxygens (including phenoxy) is 12. The quantitative estimate of drug-likeness (QED) is 0.0615. The van der Waals surface area contributed by atoms with Crippen LogP contribution in [0.5, 0.6) is 0 Å². The van der Waals surface area contributed by atoms with Crippen molar-refractivity contribution in [2.75, 3.05) is 26.4 Å². The molecule has 3 rings (SSSR count). The van der Waals surface area contributed by atoms with Gasteiger partial charge >= 0.3 is 48.4 Å². The van der Waals surface area contributed by atoms with Gasteiger partial charge in [0.2, 0.25) is 0 Å². The summed E-state index contributed by atoms with van der Waals surface area (Å²) in [6.45, 7) is 28.6. The zero-order valence-corrected chi connectivity index (χ0v) is 55.0. The Kier molecular flexibility index (Phi) is 26.8. The third-order valence-corrected chi connectivity index (χ3v) is 12.8. The van der Waals surface area contributed by atoms with Crippen molar-refractivity contribution >= 4 is 64.4 Å². The van der Waals surface area contributed by atoms with Crippen molar-refractivity contribution in [1.82, 2.24) is 31.5 Å². The van der Waals surface area contributed by atoms with Gasteiger partial charge in [0, 0.05) is 47.3 Å². The number of nitrogens with zero attached hydrogens (tertiary/aromatic N) is 1. The molecule has 87 heavy (non-hydrogen) atoms. The molecular formula is C56H96N6O24S. The molecule has 0 aromatic rings. The maximum absolute atomic E-state index is 14.8. The summed E-state index contributed by atoms with van der Waals surface area (Å²) in [7, 11) is -3.30. The van der Waals surface area contributed by atoms with Crippen molar-refractivity contribution in [1.29, 1.82) is 0 Å². The highest BCUT2D eigenvalue weighted by Gasteiger charge is 2.57. The average molecular weight is 1270 g/mol. The van der Waals surface area contributed by atoms with E-state index >= 15 is 0 Å². The number of hydrogen-bond acceptors (Lipinski definition) is 24. The molecule has 30 nitrogen and oxygen atoms in total. The summed E-state index contributed by atoms with van der Waals surface area (Å²) in [6, 6.07) is -5.88. The first-order chi connectivity index (χ1) is 39.6. The number of nitrogens with one attached hydrogen (secondary N) is 5. The fourth-order valence-electron chi connectivity index (χ4n) is 9.29. The molecule has 3 aliphatic rings. The maximum Gasteiger partial charge on any atom is 0.410 e. The maximum atomic E-state index is 14.8. The predicted octanol–water partition coefficient (Wildman–Crippen LogP) is 4.89. The highest BCUT2D eigenvalue weighted by molar-refractivity contribution is 7.86. The van der Waals surface area contributed by atoms with Gasteiger partial charge in [-0.25, -0.2) is 24.0 Å². The van der Waals surface area contributed by atoms with Gasteiger partial charge in [-0.2, -0.15) is 8.42 Å². The van der Waals surface area contributed by atoms with Crippen LogP contribution in [0.4, 0.5) is 24.0 Å². The lowest BCUT2D eigenvalue weighted by Gasteiger charge is -2.51. The van der Waals surface area contributed by atoms with E-state index in [0.29, 0.717) is 6.26 Å². The van der Waals surface area contributed by atoms with E-state index in [1.54, 1.807) is 111 Å². The van der Waals surface area contributed by atoms with E-state index in [4.69, 9.17) is 61.0 Å². The first-order valence-corrected chi connectivity index (χ1v) is 30.6. The molecule has 0 radical (unpaired) electrons. The largest absolute Gasteiger partial charge is 0.457 e. The topological polar surface area (TPSA) is 371 Å². The lowest BCUT2D eigenvalue weighted by atomic mass is 9.82. The second kappa shape index (κ2) is 30.9. The van der Waals surface area contributed by atoms with Gasteiger partial charge in [-0.05, 0) is 130 Å². The monoisotopic (exact) mass is 1270 g/mol. The first kappa shape index (κ1) is 75.2. The lowest BCUT2D eigenvalue weighted by molar-refractivity contribution is -0.314. The van der Waals surface area contributed by atoms with E-state index in [1.807, 2.05) is 0 Å². The van der Waals surface area contributed by atoms with E-state index in [2.05, 4.69) is 26.6 Å². The van der Waals surface area contributed by atoms with Crippen LogP contribution in [0, 0.1) is 0 Å². The molecule has 3 fully saturated rings. The Bertz CT molecular complexity index is 2500. The Morgan fingerprint density at radius 3 is 1.48 bits per heavy atom. The number of esters is 3. The molecule has 1 saturated carbocycles. The van der Waals surface area contributed by atoms with Gasteiger partial charge in [0.05, 0.1) is 36.6 Å². The highest BCUT2D eigenvalue weighted by Crippen LogP contribution is 2.37. The minimum absolute atomic E-state index is 0.00947. The molecule has 31 heteroatoms. The van der Waals surface area contributed by atoms with E-state index in [-0.39, 0.29) is 38.8 Å². The number of amides is 6. The van der Waals surface area contributed by atoms with E-state index in [9.17, 15) is 51.6 Å². The van der Waals surface area contributed by atoms with Crippen molar-refractivity contribution in [3.63, 3.8) is 0 Å². The van der Waals surface area contributed by atoms with Gasteiger partial charge in [0.15, 0.2) is 30.9 Å². The molecule has 2 saturated heterocycles. The Morgan fingerprint density at radius 1 is 0.552 bits per heavy atom. The Hall–Kier alpha value is -6.02. The number of carbonyl (C=O) groups is 9. The number of likely N-dealkylation sites (N-methyl/N-ethyl adjacent to an activating group) is 1. The Labute approximate surface area is 510 Å². The first-order valence-electron chi connectivity index (χ1n) is 28.8. The zero-order chi connectivity index (χ0) is 66.5. The average Bonchev–Trinajstić information content (AvgIpc) is 0.823. The molecule has 0 bridgehead atoms. The summed E-state index contributed by atoms with van der Waals surface area (Å²) in [4.78, 5) is 122. The van der Waals surface area contributed by atoms with Crippen molar-refractivity contribution in [3.8, 4) is 0 Å². The van der Waals surface area contributed by atoms with Crippen LogP contribution in [0.25, 0.3) is 0 Å². The molecule has 0 aromatic carbocycles. The number of alkyl carbamates (subject to hydrolysis) is 4. The van der Waals surface area contributed by atoms with Crippen molar-refractivity contribution in [2.45, 2.75) is 277 Å². The van der Waals surface area contributed by atoms with E-state index < -0.39 is 184 Å². The van der Waals surface area contributed by atoms with Crippen LogP contribution in [0.2, 0.25) is 0 Å². The number of rotatable bonds is 20. The second-order valence-corrected chi connectivity index (χ2v) is 28.1. The molecule has 0 spiro atoms. The molecule has 14 atom stereocenters. The normalized spacial score (nSPS) is 26.7. The fraction of sp³-hybridized carbons (Fsp3) is 0.839. The van der Waals surface area contributed by atoms with Gasteiger partial charge in [-0.15, -0.1) is 0 Å². The summed E-state index contributed by atoms with van der Waals surface area (Å²) in [6.07, 6.45) is -21.2. The van der Waals surface area contributed by atoms with E-state index in [1.165, 1.54) is 11.9 Å². The molecule has 0 aromatic heterocycles. The SMILES string of the molecule is CCC1O[C@H](O[C@@H]2C(OS(C)(=O)=O)C(O[C@H]3OC(CN(C)C(=O)OC(C)(C)C)CCC3NC(=O)OC(C)(C)C)[C@H](NC(=O)OC(C)(C)C)C[C@H]2NC(=O)[C@H](CCNC(=O)OC(C)(C)C)OC(C)=O)C(OC(C)=O)[C@@H](NC(=O)OC(C)(C)C)[C@H]1OC(C)=O. The lowest BCUT2D eigenvalue weighted by Crippen LogP contribution is -2.71. The second-order valence-electron chi connectivity index (χ2n) is 26.5. The summed E-state index contributed by atoms with van der Waals surface area (Å²) in [5.41, 5.74) is -5.06. The highest BCUT2D eigenvalue weighted by atomic mass is 32.2. The number of hydrogen-bond donors (Lipinski definition) is 5. The van der Waals surface area contributed by atoms with Crippen LogP contribution < -0.4 is 26.6 Å². The number of carbonyl (C=O) groups excluding carboxylic acids is 9. The van der Waals surface area contributed by atoms with Gasteiger partial charge < -0.3 is 88.3 Å². The van der Waals surface area contributed by atoms with Crippen LogP contribution in [0.15, 0.2) is 0 Å². The van der Waals surface area contributed by atoms with Crippen LogP contribution in [0.1, 0.15) is 164 Å². The van der Waals surface area contributed by atoms with Gasteiger partial charge in [-0.3, -0.25) is 23.4 Å². The predicted molar refractivity (Wildman–Crippen MR) is 307 cm³/mol. The van der Waals surface area contributed by atoms with Crippen molar-refractivity contribution in [2.24, 2.45) is 0 Å². The molecule has 1 aliphatic carbocycles. The van der Waals surface area contributed by atoms with Gasteiger partial charge in [0.1, 0.15) is 52.4 Å². The molecule has 2 heterocycles. The summed E-state index contributed by atoms with van der Waals surface area (Å²) < 4.78 is 105. The molecular weight excluding hydrogens is 1170 g/mol. The Morgan fingerprint density at radius 2 is 1.01 bits per heavy atom. The smallest absolute Gasteiger partial charge is 0.410 e.